The van der Waals surface area contributed by atoms with Gasteiger partial charge in [-0.3, -0.25) is 4.68 Å². The molecule has 5 nitrogen and oxygen atoms in total. The zero-order valence-corrected chi connectivity index (χ0v) is 11.8. The second-order valence-corrected chi connectivity index (χ2v) is 4.93. The molecule has 0 amide bonds. The van der Waals surface area contributed by atoms with Crippen molar-refractivity contribution in [2.75, 3.05) is 13.2 Å². The van der Waals surface area contributed by atoms with E-state index in [0.717, 1.165) is 23.6 Å². The summed E-state index contributed by atoms with van der Waals surface area (Å²) in [5.74, 6) is 1.74. The molecule has 106 valence electrons. The standard InChI is InChI=1S/C15H19N3O2/c1-3-16-14-10-20-15-6-12(4-5-13(14)15)19-9-11-7-17-18(2)8-11/h4-8,14,16H,3,9-10H2,1-2H3. The molecule has 1 aliphatic rings. The van der Waals surface area contributed by atoms with Gasteiger partial charge in [-0.1, -0.05) is 6.92 Å². The fourth-order valence-electron chi connectivity index (χ4n) is 2.41. The lowest BCUT2D eigenvalue weighted by molar-refractivity contribution is 0.297. The van der Waals surface area contributed by atoms with Gasteiger partial charge in [0.05, 0.1) is 12.2 Å². The monoisotopic (exact) mass is 273 g/mol. The van der Waals surface area contributed by atoms with E-state index in [0.29, 0.717) is 19.3 Å². The molecule has 0 spiro atoms. The first-order valence-corrected chi connectivity index (χ1v) is 6.86. The topological polar surface area (TPSA) is 48.3 Å². The number of ether oxygens (including phenoxy) is 2. The number of likely N-dealkylation sites (N-methyl/N-ethyl adjacent to an activating group) is 1. The van der Waals surface area contributed by atoms with Gasteiger partial charge in [-0.2, -0.15) is 5.10 Å². The Balaban J connectivity index is 1.67. The molecule has 0 bridgehead atoms. The van der Waals surface area contributed by atoms with Crippen molar-refractivity contribution in [1.29, 1.82) is 0 Å². The van der Waals surface area contributed by atoms with Crippen molar-refractivity contribution in [3.8, 4) is 11.5 Å². The van der Waals surface area contributed by atoms with Crippen LogP contribution in [0.1, 0.15) is 24.1 Å². The maximum Gasteiger partial charge on any atom is 0.128 e. The quantitative estimate of drug-likeness (QED) is 0.905. The normalized spacial score (nSPS) is 16.8. The van der Waals surface area contributed by atoms with E-state index in [1.807, 2.05) is 31.6 Å². The van der Waals surface area contributed by atoms with Crippen LogP contribution in [-0.2, 0) is 13.7 Å². The summed E-state index contributed by atoms with van der Waals surface area (Å²) in [6.07, 6.45) is 3.76. The van der Waals surface area contributed by atoms with Crippen molar-refractivity contribution in [2.45, 2.75) is 19.6 Å². The average Bonchev–Trinajstić information content (AvgIpc) is 3.04. The third-order valence-electron chi connectivity index (χ3n) is 3.38. The van der Waals surface area contributed by atoms with Gasteiger partial charge < -0.3 is 14.8 Å². The first kappa shape index (κ1) is 13.0. The van der Waals surface area contributed by atoms with Gasteiger partial charge in [0.25, 0.3) is 0 Å². The lowest BCUT2D eigenvalue weighted by Gasteiger charge is -2.09. The molecule has 1 N–H and O–H groups in total. The summed E-state index contributed by atoms with van der Waals surface area (Å²) in [4.78, 5) is 0. The fourth-order valence-corrected chi connectivity index (χ4v) is 2.41. The van der Waals surface area contributed by atoms with Crippen LogP contribution in [0.15, 0.2) is 30.6 Å². The summed E-state index contributed by atoms with van der Waals surface area (Å²) < 4.78 is 13.2. The molecule has 5 heteroatoms. The van der Waals surface area contributed by atoms with Crippen LogP contribution in [0, 0.1) is 0 Å². The summed E-state index contributed by atoms with van der Waals surface area (Å²) in [6.45, 7) is 4.24. The molecule has 0 aliphatic carbocycles. The van der Waals surface area contributed by atoms with Crippen molar-refractivity contribution in [1.82, 2.24) is 15.1 Å². The van der Waals surface area contributed by atoms with Crippen LogP contribution in [-0.4, -0.2) is 22.9 Å². The van der Waals surface area contributed by atoms with Gasteiger partial charge in [-0.15, -0.1) is 0 Å². The first-order valence-electron chi connectivity index (χ1n) is 6.86. The molecule has 1 aliphatic heterocycles. The molecular weight excluding hydrogens is 254 g/mol. The predicted molar refractivity (Wildman–Crippen MR) is 75.9 cm³/mol. The summed E-state index contributed by atoms with van der Waals surface area (Å²) in [5.41, 5.74) is 2.26. The van der Waals surface area contributed by atoms with E-state index in [9.17, 15) is 0 Å². The van der Waals surface area contributed by atoms with Crippen LogP contribution in [0.5, 0.6) is 11.5 Å². The number of fused-ring (bicyclic) bond motifs is 1. The van der Waals surface area contributed by atoms with Crippen LogP contribution in [0.2, 0.25) is 0 Å². The minimum atomic E-state index is 0.294. The Labute approximate surface area is 118 Å². The van der Waals surface area contributed by atoms with Crippen LogP contribution in [0.4, 0.5) is 0 Å². The largest absolute Gasteiger partial charge is 0.491 e. The number of benzene rings is 1. The Bertz CT molecular complexity index is 595. The highest BCUT2D eigenvalue weighted by Gasteiger charge is 2.23. The number of nitrogens with one attached hydrogen (secondary N) is 1. The average molecular weight is 273 g/mol. The first-order chi connectivity index (χ1) is 9.76. The Morgan fingerprint density at radius 2 is 2.40 bits per heavy atom. The molecule has 3 rings (SSSR count). The Morgan fingerprint density at radius 3 is 3.15 bits per heavy atom. The number of hydrogen-bond acceptors (Lipinski definition) is 4. The predicted octanol–water partition coefficient (Wildman–Crippen LogP) is 2.04. The minimum absolute atomic E-state index is 0.294. The highest BCUT2D eigenvalue weighted by molar-refractivity contribution is 5.45. The zero-order valence-electron chi connectivity index (χ0n) is 11.8. The van der Waals surface area contributed by atoms with E-state index in [-0.39, 0.29) is 0 Å². The Kier molecular flexibility index (Phi) is 3.60. The van der Waals surface area contributed by atoms with Crippen molar-refractivity contribution >= 4 is 0 Å². The van der Waals surface area contributed by atoms with E-state index in [4.69, 9.17) is 9.47 Å². The summed E-state index contributed by atoms with van der Waals surface area (Å²) in [7, 11) is 1.90. The van der Waals surface area contributed by atoms with Crippen LogP contribution >= 0.6 is 0 Å². The van der Waals surface area contributed by atoms with E-state index < -0.39 is 0 Å². The second-order valence-electron chi connectivity index (χ2n) is 4.93. The second kappa shape index (κ2) is 5.54. The Morgan fingerprint density at radius 1 is 1.50 bits per heavy atom. The number of nitrogens with zero attached hydrogens (tertiary/aromatic N) is 2. The van der Waals surface area contributed by atoms with Crippen LogP contribution < -0.4 is 14.8 Å². The number of rotatable bonds is 5. The maximum absolute atomic E-state index is 5.77. The summed E-state index contributed by atoms with van der Waals surface area (Å²) >= 11 is 0. The van der Waals surface area contributed by atoms with E-state index >= 15 is 0 Å². The van der Waals surface area contributed by atoms with E-state index in [2.05, 4.69) is 23.4 Å². The van der Waals surface area contributed by atoms with Gasteiger partial charge in [0, 0.05) is 30.4 Å². The molecule has 2 aromatic rings. The summed E-state index contributed by atoms with van der Waals surface area (Å²) in [5, 5.41) is 7.52. The minimum Gasteiger partial charge on any atom is -0.491 e. The number of aromatic nitrogens is 2. The van der Waals surface area contributed by atoms with Crippen molar-refractivity contribution in [3.05, 3.63) is 41.7 Å². The molecule has 1 atom stereocenters. The molecule has 2 heterocycles. The third-order valence-corrected chi connectivity index (χ3v) is 3.38. The molecular formula is C15H19N3O2. The zero-order chi connectivity index (χ0) is 13.9. The van der Waals surface area contributed by atoms with Gasteiger partial charge in [-0.05, 0) is 18.7 Å². The molecule has 0 saturated heterocycles. The molecule has 0 radical (unpaired) electrons. The van der Waals surface area contributed by atoms with E-state index in [1.54, 1.807) is 4.68 Å². The van der Waals surface area contributed by atoms with Gasteiger partial charge in [0.1, 0.15) is 24.7 Å². The molecule has 1 unspecified atom stereocenters. The van der Waals surface area contributed by atoms with Crippen molar-refractivity contribution < 1.29 is 9.47 Å². The molecule has 1 aromatic carbocycles. The van der Waals surface area contributed by atoms with Gasteiger partial charge in [0.2, 0.25) is 0 Å². The SMILES string of the molecule is CCNC1COc2cc(OCc3cnn(C)c3)ccc21. The number of hydrogen-bond donors (Lipinski definition) is 1. The Hall–Kier alpha value is -2.01. The lowest BCUT2D eigenvalue weighted by atomic mass is 10.1. The molecule has 1 aromatic heterocycles. The molecule has 0 saturated carbocycles. The summed E-state index contributed by atoms with van der Waals surface area (Å²) in [6, 6.07) is 6.33. The van der Waals surface area contributed by atoms with Crippen molar-refractivity contribution in [2.24, 2.45) is 7.05 Å². The highest BCUT2D eigenvalue weighted by Crippen LogP contribution is 2.35. The van der Waals surface area contributed by atoms with E-state index in [1.165, 1.54) is 5.56 Å². The van der Waals surface area contributed by atoms with Crippen LogP contribution in [0.3, 0.4) is 0 Å². The highest BCUT2D eigenvalue weighted by atomic mass is 16.5. The smallest absolute Gasteiger partial charge is 0.128 e. The van der Waals surface area contributed by atoms with Gasteiger partial charge >= 0.3 is 0 Å². The molecule has 20 heavy (non-hydrogen) atoms. The van der Waals surface area contributed by atoms with Gasteiger partial charge in [0.15, 0.2) is 0 Å². The fraction of sp³-hybridized carbons (Fsp3) is 0.400. The number of aryl methyl sites for hydroxylation is 1. The maximum atomic E-state index is 5.77. The third kappa shape index (κ3) is 2.63. The van der Waals surface area contributed by atoms with Crippen LogP contribution in [0.25, 0.3) is 0 Å². The van der Waals surface area contributed by atoms with Crippen molar-refractivity contribution in [3.63, 3.8) is 0 Å². The van der Waals surface area contributed by atoms with Gasteiger partial charge in [-0.25, -0.2) is 0 Å². The lowest BCUT2D eigenvalue weighted by Crippen LogP contribution is -2.21. The molecule has 0 fully saturated rings.